The number of carbonyl (C=O) groups excluding carboxylic acids is 1. The number of nitrogens with zero attached hydrogens (tertiary/aromatic N) is 1. The lowest BCUT2D eigenvalue weighted by Gasteiger charge is -2.32. The van der Waals surface area contributed by atoms with E-state index in [1.807, 2.05) is 11.0 Å². The molecule has 1 amide bonds. The van der Waals surface area contributed by atoms with E-state index in [1.54, 1.807) is 49.4 Å². The summed E-state index contributed by atoms with van der Waals surface area (Å²) in [6.45, 7) is 2.85. The number of rotatable bonds is 4. The van der Waals surface area contributed by atoms with Gasteiger partial charge in [-0.25, -0.2) is 9.18 Å². The van der Waals surface area contributed by atoms with E-state index in [1.165, 1.54) is 12.1 Å². The van der Waals surface area contributed by atoms with Crippen LogP contribution in [0.2, 0.25) is 0 Å². The van der Waals surface area contributed by atoms with E-state index in [4.69, 9.17) is 0 Å². The maximum atomic E-state index is 13.5. The zero-order valence-electron chi connectivity index (χ0n) is 19.2. The van der Waals surface area contributed by atoms with Gasteiger partial charge in [-0.2, -0.15) is 0 Å². The fraction of sp³-hybridized carbons (Fsp3) is 0.214. The van der Waals surface area contributed by atoms with Crippen LogP contribution in [0.3, 0.4) is 0 Å². The maximum absolute atomic E-state index is 13.5. The van der Waals surface area contributed by atoms with Crippen LogP contribution < -0.4 is 0 Å². The molecule has 0 saturated carbocycles. The number of benzene rings is 3. The van der Waals surface area contributed by atoms with E-state index in [2.05, 4.69) is 4.98 Å². The van der Waals surface area contributed by atoms with Crippen molar-refractivity contribution >= 4 is 22.8 Å². The van der Waals surface area contributed by atoms with Crippen LogP contribution in [-0.2, 0) is 4.79 Å². The molecular weight excluding hydrogens is 447 g/mol. The molecule has 2 heterocycles. The van der Waals surface area contributed by atoms with Crippen molar-refractivity contribution in [2.24, 2.45) is 0 Å². The Labute approximate surface area is 201 Å². The van der Waals surface area contributed by atoms with Crippen molar-refractivity contribution in [3.63, 3.8) is 0 Å². The van der Waals surface area contributed by atoms with E-state index in [0.717, 1.165) is 35.2 Å². The first kappa shape index (κ1) is 22.7. The van der Waals surface area contributed by atoms with Gasteiger partial charge in [0.15, 0.2) is 0 Å². The van der Waals surface area contributed by atoms with E-state index in [0.29, 0.717) is 29.6 Å². The second-order valence-corrected chi connectivity index (χ2v) is 8.99. The van der Waals surface area contributed by atoms with E-state index in [9.17, 15) is 24.2 Å². The number of nitrogens with one attached hydrogen (secondary N) is 1. The number of aromatic nitrogens is 1. The average molecular weight is 473 g/mol. The number of phenolic OH excluding ortho intramolecular Hbond substituents is 1. The van der Waals surface area contributed by atoms with Crippen molar-refractivity contribution in [3.05, 3.63) is 77.7 Å². The highest BCUT2D eigenvalue weighted by molar-refractivity contribution is 6.05. The summed E-state index contributed by atoms with van der Waals surface area (Å²) in [4.78, 5) is 28.8. The first-order valence-corrected chi connectivity index (χ1v) is 11.6. The highest BCUT2D eigenvalue weighted by Gasteiger charge is 2.29. The molecule has 7 heteroatoms. The summed E-state index contributed by atoms with van der Waals surface area (Å²) in [5.74, 6) is -1.25. The number of phenols is 1. The van der Waals surface area contributed by atoms with Crippen molar-refractivity contribution in [3.8, 4) is 28.0 Å². The standard InChI is InChI=1S/C28H25FN2O4/c1-16(32)31-14-2-3-20(15-31)26-24(18-4-6-19(7-5-18)28(34)35)25-23(30-26)13-12-22(27(25)33)17-8-10-21(29)11-9-17/h4-13,20,30,33H,2-3,14-15H2,1H3,(H,34,35). The largest absolute Gasteiger partial charge is 0.507 e. The molecule has 3 N–H and O–H groups in total. The number of carboxylic acid groups (broad SMARTS) is 1. The Morgan fingerprint density at radius 1 is 1.00 bits per heavy atom. The molecule has 1 fully saturated rings. The molecule has 0 aliphatic carbocycles. The minimum Gasteiger partial charge on any atom is -0.507 e. The Morgan fingerprint density at radius 3 is 2.34 bits per heavy atom. The number of amides is 1. The first-order valence-electron chi connectivity index (χ1n) is 11.6. The molecule has 0 spiro atoms. The Morgan fingerprint density at radius 2 is 1.69 bits per heavy atom. The quantitative estimate of drug-likeness (QED) is 0.351. The molecule has 1 aromatic heterocycles. The molecule has 3 aromatic carbocycles. The third kappa shape index (κ3) is 4.14. The fourth-order valence-electron chi connectivity index (χ4n) is 5.04. The number of hydrogen-bond acceptors (Lipinski definition) is 3. The smallest absolute Gasteiger partial charge is 0.335 e. The second kappa shape index (κ2) is 8.91. The van der Waals surface area contributed by atoms with Crippen LogP contribution in [0.5, 0.6) is 5.75 Å². The Hall–Kier alpha value is -4.13. The Bertz CT molecular complexity index is 1420. The van der Waals surface area contributed by atoms with Crippen molar-refractivity contribution in [1.29, 1.82) is 0 Å². The zero-order valence-corrected chi connectivity index (χ0v) is 19.2. The maximum Gasteiger partial charge on any atom is 0.335 e. The lowest BCUT2D eigenvalue weighted by Crippen LogP contribution is -2.37. The van der Waals surface area contributed by atoms with E-state index in [-0.39, 0.29) is 29.0 Å². The summed E-state index contributed by atoms with van der Waals surface area (Å²) in [6, 6.07) is 16.2. The average Bonchev–Trinajstić information content (AvgIpc) is 3.26. The molecule has 0 bridgehead atoms. The minimum atomic E-state index is -1.01. The molecular formula is C28H25FN2O4. The second-order valence-electron chi connectivity index (χ2n) is 8.99. The first-order chi connectivity index (χ1) is 16.8. The topological polar surface area (TPSA) is 93.6 Å². The highest BCUT2D eigenvalue weighted by atomic mass is 19.1. The normalized spacial score (nSPS) is 15.9. The molecule has 1 atom stereocenters. The fourth-order valence-corrected chi connectivity index (χ4v) is 5.04. The number of aromatic hydroxyl groups is 1. The number of aromatic carboxylic acids is 1. The van der Waals surface area contributed by atoms with Crippen molar-refractivity contribution < 1.29 is 24.2 Å². The molecule has 6 nitrogen and oxygen atoms in total. The van der Waals surface area contributed by atoms with Crippen LogP contribution in [0.4, 0.5) is 4.39 Å². The molecule has 178 valence electrons. The summed E-state index contributed by atoms with van der Waals surface area (Å²) in [5, 5.41) is 21.4. The van der Waals surface area contributed by atoms with Gasteiger partial charge in [-0.05, 0) is 60.4 Å². The molecule has 35 heavy (non-hydrogen) atoms. The molecule has 1 unspecified atom stereocenters. The Kier molecular flexibility index (Phi) is 5.76. The van der Waals surface area contributed by atoms with Crippen LogP contribution in [0, 0.1) is 5.82 Å². The number of halogens is 1. The number of aromatic amines is 1. The van der Waals surface area contributed by atoms with Crippen LogP contribution in [0.15, 0.2) is 60.7 Å². The molecule has 5 rings (SSSR count). The summed E-state index contributed by atoms with van der Waals surface area (Å²) in [6.07, 6.45) is 1.74. The molecule has 1 saturated heterocycles. The van der Waals surface area contributed by atoms with Gasteiger partial charge in [-0.3, -0.25) is 4.79 Å². The predicted octanol–water partition coefficient (Wildman–Crippen LogP) is 5.77. The van der Waals surface area contributed by atoms with Crippen molar-refractivity contribution in [2.45, 2.75) is 25.7 Å². The van der Waals surface area contributed by atoms with Gasteiger partial charge in [0, 0.05) is 42.8 Å². The van der Waals surface area contributed by atoms with Crippen LogP contribution in [0.25, 0.3) is 33.2 Å². The van der Waals surface area contributed by atoms with Gasteiger partial charge < -0.3 is 20.1 Å². The third-order valence-electron chi connectivity index (χ3n) is 6.82. The van der Waals surface area contributed by atoms with Gasteiger partial charge in [0.1, 0.15) is 11.6 Å². The van der Waals surface area contributed by atoms with Gasteiger partial charge in [0.2, 0.25) is 5.91 Å². The minimum absolute atomic E-state index is 0.0274. The van der Waals surface area contributed by atoms with E-state index >= 15 is 0 Å². The highest BCUT2D eigenvalue weighted by Crippen LogP contribution is 2.46. The SMILES string of the molecule is CC(=O)N1CCCC(c2[nH]c3ccc(-c4ccc(F)cc4)c(O)c3c2-c2ccc(C(=O)O)cc2)C1. The van der Waals surface area contributed by atoms with Gasteiger partial charge in [-0.15, -0.1) is 0 Å². The number of hydrogen-bond donors (Lipinski definition) is 3. The van der Waals surface area contributed by atoms with Crippen LogP contribution >= 0.6 is 0 Å². The molecule has 1 aliphatic heterocycles. The zero-order chi connectivity index (χ0) is 24.7. The number of carboxylic acids is 1. The van der Waals surface area contributed by atoms with Crippen molar-refractivity contribution in [2.75, 3.05) is 13.1 Å². The number of piperidine rings is 1. The summed E-state index contributed by atoms with van der Waals surface area (Å²) < 4.78 is 13.5. The summed E-state index contributed by atoms with van der Waals surface area (Å²) in [7, 11) is 0. The summed E-state index contributed by atoms with van der Waals surface area (Å²) in [5.41, 5.74) is 4.62. The number of fused-ring (bicyclic) bond motifs is 1. The predicted molar refractivity (Wildman–Crippen MR) is 132 cm³/mol. The molecule has 4 aromatic rings. The number of likely N-dealkylation sites (tertiary alicyclic amines) is 1. The lowest BCUT2D eigenvalue weighted by molar-refractivity contribution is -0.130. The number of H-pyrrole nitrogens is 1. The van der Waals surface area contributed by atoms with Gasteiger partial charge in [0.25, 0.3) is 0 Å². The monoisotopic (exact) mass is 472 g/mol. The van der Waals surface area contributed by atoms with Crippen LogP contribution in [-0.4, -0.2) is 45.1 Å². The van der Waals surface area contributed by atoms with Gasteiger partial charge >= 0.3 is 5.97 Å². The molecule has 0 radical (unpaired) electrons. The summed E-state index contributed by atoms with van der Waals surface area (Å²) >= 11 is 0. The van der Waals surface area contributed by atoms with E-state index < -0.39 is 5.97 Å². The van der Waals surface area contributed by atoms with Crippen molar-refractivity contribution in [1.82, 2.24) is 9.88 Å². The van der Waals surface area contributed by atoms with Gasteiger partial charge in [0.05, 0.1) is 16.5 Å². The lowest BCUT2D eigenvalue weighted by atomic mass is 9.88. The Balaban J connectivity index is 1.72. The van der Waals surface area contributed by atoms with Crippen LogP contribution in [0.1, 0.15) is 41.7 Å². The number of carbonyl (C=O) groups is 2. The van der Waals surface area contributed by atoms with Gasteiger partial charge in [-0.1, -0.05) is 24.3 Å². The third-order valence-corrected chi connectivity index (χ3v) is 6.82. The molecule has 1 aliphatic rings.